The predicted octanol–water partition coefficient (Wildman–Crippen LogP) is 3.90. The van der Waals surface area contributed by atoms with Crippen molar-refractivity contribution in [1.29, 1.82) is 0 Å². The Bertz CT molecular complexity index is 643. The number of Topliss-reactive ketones (excluding diaryl/α,β-unsaturated/α-hetero) is 1. The van der Waals surface area contributed by atoms with E-state index in [1.807, 2.05) is 0 Å². The Hall–Kier alpha value is -1.30. The molecule has 0 unspecified atom stereocenters. The molecular formula is C13H11Cl2NO3S. The Morgan fingerprint density at radius 3 is 2.70 bits per heavy atom. The van der Waals surface area contributed by atoms with Crippen LogP contribution in [0.5, 0.6) is 11.5 Å². The number of aromatic nitrogens is 1. The van der Waals surface area contributed by atoms with Gasteiger partial charge >= 0.3 is 0 Å². The molecule has 20 heavy (non-hydrogen) atoms. The topological polar surface area (TPSA) is 48.4 Å². The number of nitrogens with zero attached hydrogens (tertiary/aromatic N) is 1. The van der Waals surface area contributed by atoms with E-state index in [4.69, 9.17) is 32.7 Å². The summed E-state index contributed by atoms with van der Waals surface area (Å²) in [5.74, 6) is 0.679. The number of rotatable bonds is 5. The number of ether oxygens (including phenoxy) is 2. The van der Waals surface area contributed by atoms with Crippen LogP contribution in [0.3, 0.4) is 0 Å². The van der Waals surface area contributed by atoms with E-state index in [1.165, 1.54) is 25.6 Å². The average molecular weight is 332 g/mol. The normalized spacial score (nSPS) is 10.4. The minimum absolute atomic E-state index is 0.0874. The van der Waals surface area contributed by atoms with E-state index in [0.717, 1.165) is 5.56 Å². The fourth-order valence-electron chi connectivity index (χ4n) is 1.64. The van der Waals surface area contributed by atoms with Crippen LogP contribution in [0.4, 0.5) is 0 Å². The second-order valence-corrected chi connectivity index (χ2v) is 5.32. The summed E-state index contributed by atoms with van der Waals surface area (Å²) in [6.45, 7) is 0. The van der Waals surface area contributed by atoms with Gasteiger partial charge < -0.3 is 9.47 Å². The van der Waals surface area contributed by atoms with Gasteiger partial charge in [0.1, 0.15) is 10.7 Å². The lowest BCUT2D eigenvalue weighted by molar-refractivity contribution is 0.101. The van der Waals surface area contributed by atoms with Crippen LogP contribution in [-0.2, 0) is 0 Å². The molecule has 1 aromatic carbocycles. The Morgan fingerprint density at radius 1 is 1.35 bits per heavy atom. The molecule has 0 N–H and O–H groups in total. The van der Waals surface area contributed by atoms with Gasteiger partial charge in [0.15, 0.2) is 17.3 Å². The number of methoxy groups -OCH3 is 2. The third-order valence-corrected chi connectivity index (χ3v) is 4.01. The van der Waals surface area contributed by atoms with Crippen LogP contribution in [0.15, 0.2) is 17.5 Å². The van der Waals surface area contributed by atoms with E-state index in [1.54, 1.807) is 17.5 Å². The van der Waals surface area contributed by atoms with E-state index >= 15 is 0 Å². The molecule has 0 bridgehead atoms. The van der Waals surface area contributed by atoms with E-state index in [0.29, 0.717) is 27.2 Å². The van der Waals surface area contributed by atoms with Crippen LogP contribution >= 0.6 is 34.5 Å². The lowest BCUT2D eigenvalue weighted by Gasteiger charge is -2.10. The van der Waals surface area contributed by atoms with Crippen molar-refractivity contribution in [3.8, 4) is 22.1 Å². The first-order chi connectivity index (χ1) is 9.60. The molecule has 7 heteroatoms. The van der Waals surface area contributed by atoms with Crippen molar-refractivity contribution in [3.63, 3.8) is 0 Å². The van der Waals surface area contributed by atoms with Gasteiger partial charge in [0.05, 0.1) is 25.1 Å². The maximum absolute atomic E-state index is 11.5. The van der Waals surface area contributed by atoms with Gasteiger partial charge in [0, 0.05) is 10.9 Å². The molecule has 0 fully saturated rings. The number of thiazole rings is 1. The van der Waals surface area contributed by atoms with E-state index in [2.05, 4.69) is 4.98 Å². The Labute approximate surface area is 130 Å². The summed E-state index contributed by atoms with van der Waals surface area (Å²) in [7, 11) is 3.05. The van der Waals surface area contributed by atoms with Crippen LogP contribution in [0.2, 0.25) is 5.02 Å². The van der Waals surface area contributed by atoms with Gasteiger partial charge in [-0.05, 0) is 12.1 Å². The zero-order valence-electron chi connectivity index (χ0n) is 10.8. The zero-order valence-corrected chi connectivity index (χ0v) is 13.1. The maximum Gasteiger partial charge on any atom is 0.196 e. The number of halogens is 2. The molecule has 4 nitrogen and oxygen atoms in total. The maximum atomic E-state index is 11.5. The van der Waals surface area contributed by atoms with Gasteiger partial charge in [0.25, 0.3) is 0 Å². The SMILES string of the molecule is COc1cc(-c2nc(C(=O)CCl)cs2)cc(Cl)c1OC. The molecule has 2 rings (SSSR count). The summed E-state index contributed by atoms with van der Waals surface area (Å²) in [6, 6.07) is 3.48. The molecule has 0 spiro atoms. The summed E-state index contributed by atoms with van der Waals surface area (Å²) >= 11 is 13.0. The highest BCUT2D eigenvalue weighted by atomic mass is 35.5. The number of hydrogen-bond acceptors (Lipinski definition) is 5. The zero-order chi connectivity index (χ0) is 14.7. The van der Waals surface area contributed by atoms with Crippen molar-refractivity contribution in [2.24, 2.45) is 0 Å². The molecule has 0 aliphatic rings. The monoisotopic (exact) mass is 331 g/mol. The molecule has 106 valence electrons. The molecule has 2 aromatic rings. The van der Waals surface area contributed by atoms with Crippen molar-refractivity contribution >= 4 is 40.3 Å². The van der Waals surface area contributed by atoms with Crippen molar-refractivity contribution in [1.82, 2.24) is 4.98 Å². The van der Waals surface area contributed by atoms with Crippen LogP contribution < -0.4 is 9.47 Å². The van der Waals surface area contributed by atoms with E-state index in [9.17, 15) is 4.79 Å². The highest BCUT2D eigenvalue weighted by Crippen LogP contribution is 2.39. The Morgan fingerprint density at radius 2 is 2.10 bits per heavy atom. The van der Waals surface area contributed by atoms with Crippen LogP contribution in [0.25, 0.3) is 10.6 Å². The lowest BCUT2D eigenvalue weighted by atomic mass is 10.2. The van der Waals surface area contributed by atoms with Gasteiger partial charge in [-0.2, -0.15) is 0 Å². The van der Waals surface area contributed by atoms with Gasteiger partial charge in [0.2, 0.25) is 0 Å². The first-order valence-electron chi connectivity index (χ1n) is 5.57. The molecule has 1 heterocycles. The highest BCUT2D eigenvalue weighted by molar-refractivity contribution is 7.13. The molecule has 1 aromatic heterocycles. The largest absolute Gasteiger partial charge is 0.493 e. The van der Waals surface area contributed by atoms with Crippen molar-refractivity contribution in [2.75, 3.05) is 20.1 Å². The third kappa shape index (κ3) is 2.90. The van der Waals surface area contributed by atoms with Gasteiger partial charge in [-0.1, -0.05) is 11.6 Å². The summed E-state index contributed by atoms with van der Waals surface area (Å²) in [5, 5.41) is 2.76. The first kappa shape index (κ1) is 15.1. The van der Waals surface area contributed by atoms with Crippen molar-refractivity contribution in [3.05, 3.63) is 28.2 Å². The summed E-state index contributed by atoms with van der Waals surface area (Å²) in [6.07, 6.45) is 0. The summed E-state index contributed by atoms with van der Waals surface area (Å²) in [5.41, 5.74) is 1.11. The fourth-order valence-corrected chi connectivity index (χ4v) is 2.88. The van der Waals surface area contributed by atoms with E-state index < -0.39 is 0 Å². The molecule has 0 aliphatic heterocycles. The number of ketones is 1. The first-order valence-corrected chi connectivity index (χ1v) is 7.36. The molecule has 0 aliphatic carbocycles. The summed E-state index contributed by atoms with van der Waals surface area (Å²) in [4.78, 5) is 15.7. The highest BCUT2D eigenvalue weighted by Gasteiger charge is 2.15. The lowest BCUT2D eigenvalue weighted by Crippen LogP contribution is -2.00. The van der Waals surface area contributed by atoms with Crippen LogP contribution in [0, 0.1) is 0 Å². The van der Waals surface area contributed by atoms with Gasteiger partial charge in [-0.25, -0.2) is 4.98 Å². The minimum atomic E-state index is -0.208. The summed E-state index contributed by atoms with van der Waals surface area (Å²) < 4.78 is 10.4. The Balaban J connectivity index is 2.45. The van der Waals surface area contributed by atoms with Gasteiger partial charge in [-0.15, -0.1) is 22.9 Å². The minimum Gasteiger partial charge on any atom is -0.493 e. The number of benzene rings is 1. The number of carbonyl (C=O) groups excluding carboxylic acids is 1. The Kier molecular flexibility index (Phi) is 4.86. The fraction of sp³-hybridized carbons (Fsp3) is 0.231. The predicted molar refractivity (Wildman–Crippen MR) is 80.7 cm³/mol. The molecule has 0 radical (unpaired) electrons. The number of hydrogen-bond donors (Lipinski definition) is 0. The van der Waals surface area contributed by atoms with Gasteiger partial charge in [-0.3, -0.25) is 4.79 Å². The standard InChI is InChI=1S/C13H11Cl2NO3S/c1-18-11-4-7(3-8(15)12(11)19-2)13-16-9(6-20-13)10(17)5-14/h3-4,6H,5H2,1-2H3. The quantitative estimate of drug-likeness (QED) is 0.615. The number of alkyl halides is 1. The van der Waals surface area contributed by atoms with Crippen molar-refractivity contribution in [2.45, 2.75) is 0 Å². The third-order valence-electron chi connectivity index (χ3n) is 2.59. The molecule has 0 atom stereocenters. The van der Waals surface area contributed by atoms with Crippen LogP contribution in [-0.4, -0.2) is 30.9 Å². The molecule has 0 amide bonds. The average Bonchev–Trinajstić information content (AvgIpc) is 2.95. The van der Waals surface area contributed by atoms with Crippen LogP contribution in [0.1, 0.15) is 10.5 Å². The molecule has 0 saturated heterocycles. The molecule has 0 saturated carbocycles. The van der Waals surface area contributed by atoms with Crippen molar-refractivity contribution < 1.29 is 14.3 Å². The smallest absolute Gasteiger partial charge is 0.196 e. The number of carbonyl (C=O) groups is 1. The second-order valence-electron chi connectivity index (χ2n) is 3.79. The van der Waals surface area contributed by atoms with E-state index in [-0.39, 0.29) is 11.7 Å². The second kappa shape index (κ2) is 6.43. The molecular weight excluding hydrogens is 321 g/mol.